The first-order valence-electron chi connectivity index (χ1n) is 8.63. The largest absolute Gasteiger partial charge is 0.493 e. The molecule has 0 spiro atoms. The number of benzene rings is 2. The number of para-hydroxylation sites is 1. The van der Waals surface area contributed by atoms with Crippen LogP contribution in [0.5, 0.6) is 11.5 Å². The van der Waals surface area contributed by atoms with Crippen LogP contribution < -0.4 is 9.47 Å². The summed E-state index contributed by atoms with van der Waals surface area (Å²) >= 11 is 0. The van der Waals surface area contributed by atoms with E-state index in [9.17, 15) is 4.79 Å². The SMILES string of the molecule is C/C=C\c1ccc(OCC(=O)OCc2nnnn2-c2ccccc2)c(OC)c1. The molecule has 0 bridgehead atoms. The Morgan fingerprint density at radius 2 is 1.96 bits per heavy atom. The Morgan fingerprint density at radius 1 is 1.14 bits per heavy atom. The van der Waals surface area contributed by atoms with Gasteiger partial charge in [-0.2, -0.15) is 4.68 Å². The van der Waals surface area contributed by atoms with Crippen LogP contribution >= 0.6 is 0 Å². The summed E-state index contributed by atoms with van der Waals surface area (Å²) in [6.07, 6.45) is 3.87. The van der Waals surface area contributed by atoms with Gasteiger partial charge in [0.05, 0.1) is 12.8 Å². The molecule has 0 radical (unpaired) electrons. The molecule has 2 aromatic carbocycles. The third-order valence-corrected chi connectivity index (χ3v) is 3.79. The van der Waals surface area contributed by atoms with Crippen molar-refractivity contribution in [1.82, 2.24) is 20.2 Å². The van der Waals surface area contributed by atoms with Gasteiger partial charge in [-0.3, -0.25) is 0 Å². The Labute approximate surface area is 162 Å². The van der Waals surface area contributed by atoms with Gasteiger partial charge in [-0.05, 0) is 47.2 Å². The summed E-state index contributed by atoms with van der Waals surface area (Å²) in [5.41, 5.74) is 1.75. The van der Waals surface area contributed by atoms with E-state index in [0.29, 0.717) is 17.3 Å². The first-order valence-corrected chi connectivity index (χ1v) is 8.63. The van der Waals surface area contributed by atoms with E-state index in [-0.39, 0.29) is 13.2 Å². The van der Waals surface area contributed by atoms with Crippen molar-refractivity contribution in [3.63, 3.8) is 0 Å². The molecule has 3 aromatic rings. The topological polar surface area (TPSA) is 88.4 Å². The molecule has 0 saturated carbocycles. The van der Waals surface area contributed by atoms with Crippen LogP contribution in [0.2, 0.25) is 0 Å². The van der Waals surface area contributed by atoms with Crippen molar-refractivity contribution in [1.29, 1.82) is 0 Å². The Kier molecular flexibility index (Phi) is 6.35. The van der Waals surface area contributed by atoms with Gasteiger partial charge >= 0.3 is 5.97 Å². The van der Waals surface area contributed by atoms with Crippen LogP contribution in [0, 0.1) is 0 Å². The van der Waals surface area contributed by atoms with Gasteiger partial charge in [-0.1, -0.05) is 36.4 Å². The molecule has 0 amide bonds. The van der Waals surface area contributed by atoms with Crippen molar-refractivity contribution < 1.29 is 19.0 Å². The van der Waals surface area contributed by atoms with Gasteiger partial charge in [0.15, 0.2) is 30.5 Å². The van der Waals surface area contributed by atoms with E-state index in [0.717, 1.165) is 11.3 Å². The van der Waals surface area contributed by atoms with Crippen LogP contribution in [-0.2, 0) is 16.1 Å². The number of aromatic nitrogens is 4. The van der Waals surface area contributed by atoms with E-state index in [1.807, 2.05) is 61.5 Å². The number of allylic oxidation sites excluding steroid dienone is 1. The Morgan fingerprint density at radius 3 is 2.71 bits per heavy atom. The van der Waals surface area contributed by atoms with E-state index < -0.39 is 5.97 Å². The number of nitrogens with zero attached hydrogens (tertiary/aromatic N) is 4. The lowest BCUT2D eigenvalue weighted by molar-refractivity contribution is -0.147. The Hall–Kier alpha value is -3.68. The van der Waals surface area contributed by atoms with Crippen LogP contribution in [0.25, 0.3) is 11.8 Å². The quantitative estimate of drug-likeness (QED) is 0.555. The van der Waals surface area contributed by atoms with Gasteiger partial charge in [-0.25, -0.2) is 4.79 Å². The second-order valence-electron chi connectivity index (χ2n) is 5.70. The van der Waals surface area contributed by atoms with E-state index in [1.54, 1.807) is 13.2 Å². The van der Waals surface area contributed by atoms with Gasteiger partial charge < -0.3 is 14.2 Å². The second-order valence-corrected chi connectivity index (χ2v) is 5.70. The Balaban J connectivity index is 1.57. The lowest BCUT2D eigenvalue weighted by Crippen LogP contribution is -2.16. The maximum absolute atomic E-state index is 12.1. The lowest BCUT2D eigenvalue weighted by Gasteiger charge is -2.11. The molecule has 144 valence electrons. The van der Waals surface area contributed by atoms with Crippen molar-refractivity contribution in [2.24, 2.45) is 0 Å². The molecular formula is C20H20N4O4. The van der Waals surface area contributed by atoms with E-state index >= 15 is 0 Å². The summed E-state index contributed by atoms with van der Waals surface area (Å²) in [7, 11) is 1.55. The maximum Gasteiger partial charge on any atom is 0.344 e. The van der Waals surface area contributed by atoms with Crippen molar-refractivity contribution in [3.05, 3.63) is 66.0 Å². The van der Waals surface area contributed by atoms with Crippen LogP contribution in [0.15, 0.2) is 54.6 Å². The molecule has 0 aliphatic heterocycles. The molecule has 0 N–H and O–H groups in total. The molecule has 8 nitrogen and oxygen atoms in total. The average molecular weight is 380 g/mol. The predicted octanol–water partition coefficient (Wildman–Crippen LogP) is 2.83. The minimum absolute atomic E-state index is 0.0680. The molecule has 0 unspecified atom stereocenters. The van der Waals surface area contributed by atoms with Crippen LogP contribution in [-0.4, -0.2) is 39.9 Å². The number of ether oxygens (including phenoxy) is 3. The smallest absolute Gasteiger partial charge is 0.344 e. The maximum atomic E-state index is 12.1. The fourth-order valence-corrected chi connectivity index (χ4v) is 2.49. The number of carbonyl (C=O) groups is 1. The fourth-order valence-electron chi connectivity index (χ4n) is 2.49. The molecule has 28 heavy (non-hydrogen) atoms. The van der Waals surface area contributed by atoms with Crippen LogP contribution in [0.4, 0.5) is 0 Å². The minimum Gasteiger partial charge on any atom is -0.493 e. The monoisotopic (exact) mass is 380 g/mol. The van der Waals surface area contributed by atoms with Gasteiger partial charge in [0.2, 0.25) is 0 Å². The molecule has 0 aliphatic rings. The Bertz CT molecular complexity index is 954. The van der Waals surface area contributed by atoms with Crippen molar-refractivity contribution in [3.8, 4) is 17.2 Å². The average Bonchev–Trinajstić information content (AvgIpc) is 3.20. The first kappa shape index (κ1) is 19.1. The third-order valence-electron chi connectivity index (χ3n) is 3.79. The summed E-state index contributed by atoms with van der Waals surface area (Å²) in [5.74, 6) is 0.869. The standard InChI is InChI=1S/C20H20N4O4/c1-3-7-15-10-11-17(18(12-15)26-2)27-14-20(25)28-13-19-21-22-23-24(19)16-8-5-4-6-9-16/h3-12H,13-14H2,1-2H3/b7-3-. The normalized spacial score (nSPS) is 10.8. The zero-order valence-electron chi connectivity index (χ0n) is 15.6. The highest BCUT2D eigenvalue weighted by molar-refractivity contribution is 5.71. The number of hydrogen-bond donors (Lipinski definition) is 0. The number of hydrogen-bond acceptors (Lipinski definition) is 7. The van der Waals surface area contributed by atoms with Crippen LogP contribution in [0.3, 0.4) is 0 Å². The minimum atomic E-state index is -0.540. The van der Waals surface area contributed by atoms with Gasteiger partial charge in [0.1, 0.15) is 0 Å². The lowest BCUT2D eigenvalue weighted by atomic mass is 10.2. The molecule has 0 atom stereocenters. The number of carbonyl (C=O) groups excluding carboxylic acids is 1. The van der Waals surface area contributed by atoms with Crippen molar-refractivity contribution in [2.45, 2.75) is 13.5 Å². The highest BCUT2D eigenvalue weighted by atomic mass is 16.6. The molecular weight excluding hydrogens is 360 g/mol. The van der Waals surface area contributed by atoms with Gasteiger partial charge in [0, 0.05) is 0 Å². The molecule has 0 saturated heterocycles. The molecule has 1 heterocycles. The number of esters is 1. The molecule has 0 aliphatic carbocycles. The van der Waals surface area contributed by atoms with Crippen molar-refractivity contribution in [2.75, 3.05) is 13.7 Å². The molecule has 3 rings (SSSR count). The highest BCUT2D eigenvalue weighted by Gasteiger charge is 2.13. The van der Waals surface area contributed by atoms with E-state index in [2.05, 4.69) is 15.5 Å². The van der Waals surface area contributed by atoms with Gasteiger partial charge in [-0.15, -0.1) is 5.10 Å². The summed E-state index contributed by atoms with van der Waals surface area (Å²) in [5, 5.41) is 11.4. The fraction of sp³-hybridized carbons (Fsp3) is 0.200. The van der Waals surface area contributed by atoms with E-state index in [1.165, 1.54) is 4.68 Å². The number of methoxy groups -OCH3 is 1. The molecule has 1 aromatic heterocycles. The van der Waals surface area contributed by atoms with E-state index in [4.69, 9.17) is 14.2 Å². The van der Waals surface area contributed by atoms with Gasteiger partial charge in [0.25, 0.3) is 0 Å². The third kappa shape index (κ3) is 4.73. The summed E-state index contributed by atoms with van der Waals surface area (Å²) < 4.78 is 17.6. The number of rotatable bonds is 8. The molecule has 8 heteroatoms. The van der Waals surface area contributed by atoms with Crippen molar-refractivity contribution >= 4 is 12.0 Å². The zero-order valence-corrected chi connectivity index (χ0v) is 15.6. The summed E-state index contributed by atoms with van der Waals surface area (Å²) in [4.78, 5) is 12.1. The summed E-state index contributed by atoms with van der Waals surface area (Å²) in [6.45, 7) is 1.61. The second kappa shape index (κ2) is 9.31. The summed E-state index contributed by atoms with van der Waals surface area (Å²) in [6, 6.07) is 14.8. The zero-order chi connectivity index (χ0) is 19.8. The highest BCUT2D eigenvalue weighted by Crippen LogP contribution is 2.28. The number of tetrazole rings is 1. The molecule has 0 fully saturated rings. The first-order chi connectivity index (χ1) is 13.7. The predicted molar refractivity (Wildman–Crippen MR) is 102 cm³/mol. The van der Waals surface area contributed by atoms with Crippen LogP contribution in [0.1, 0.15) is 18.3 Å².